The summed E-state index contributed by atoms with van der Waals surface area (Å²) in [6.45, 7) is 2.25. The molecule has 2 aliphatic rings. The fourth-order valence-corrected chi connectivity index (χ4v) is 11.5. The van der Waals surface area contributed by atoms with Crippen LogP contribution in [0, 0.1) is 6.92 Å². The molecule has 2 heteroatoms. The van der Waals surface area contributed by atoms with Crippen LogP contribution >= 0.6 is 11.3 Å². The lowest BCUT2D eigenvalue weighted by Crippen LogP contribution is -2.26. The van der Waals surface area contributed by atoms with Crippen molar-refractivity contribution < 1.29 is 0 Å². The molecule has 10 aromatic rings. The van der Waals surface area contributed by atoms with Crippen LogP contribution in [-0.2, 0) is 5.41 Å². The van der Waals surface area contributed by atoms with Gasteiger partial charge in [0.2, 0.25) is 0 Å². The Labute approximate surface area is 330 Å². The highest BCUT2D eigenvalue weighted by Gasteiger charge is 2.52. The van der Waals surface area contributed by atoms with E-state index in [2.05, 4.69) is 206 Å². The highest BCUT2D eigenvalue weighted by molar-refractivity contribution is 7.26. The van der Waals surface area contributed by atoms with E-state index in [4.69, 9.17) is 0 Å². The molecule has 1 nitrogen and oxygen atoms in total. The highest BCUT2D eigenvalue weighted by Crippen LogP contribution is 2.65. The molecule has 12 rings (SSSR count). The predicted molar refractivity (Wildman–Crippen MR) is 238 cm³/mol. The maximum Gasteiger partial charge on any atom is 0.0726 e. The molecule has 0 bridgehead atoms. The highest BCUT2D eigenvalue weighted by atomic mass is 32.1. The number of benzene rings is 9. The largest absolute Gasteiger partial charge is 0.308 e. The minimum Gasteiger partial charge on any atom is -0.308 e. The van der Waals surface area contributed by atoms with Crippen molar-refractivity contribution in [2.24, 2.45) is 0 Å². The van der Waals surface area contributed by atoms with E-state index in [9.17, 15) is 0 Å². The molecular formula is C54H35NS. The van der Waals surface area contributed by atoms with E-state index >= 15 is 0 Å². The lowest BCUT2D eigenvalue weighted by molar-refractivity contribution is 0.794. The number of para-hydroxylation sites is 1. The predicted octanol–water partition coefficient (Wildman–Crippen LogP) is 15.0. The number of rotatable bonds is 4. The molecule has 9 aromatic carbocycles. The quantitative estimate of drug-likeness (QED) is 0.174. The molecule has 1 heterocycles. The van der Waals surface area contributed by atoms with Crippen molar-refractivity contribution in [1.82, 2.24) is 0 Å². The Morgan fingerprint density at radius 3 is 1.73 bits per heavy atom. The summed E-state index contributed by atoms with van der Waals surface area (Å²) in [5, 5.41) is 5.18. The number of thiophene rings is 1. The molecule has 0 radical (unpaired) electrons. The number of aryl methyl sites for hydroxylation is 1. The van der Waals surface area contributed by atoms with Crippen molar-refractivity contribution >= 4 is 59.3 Å². The minimum atomic E-state index is -0.437. The maximum absolute atomic E-state index is 2.60. The van der Waals surface area contributed by atoms with Gasteiger partial charge in [-0.3, -0.25) is 0 Å². The molecule has 1 aromatic heterocycles. The summed E-state index contributed by atoms with van der Waals surface area (Å²) in [6, 6.07) is 72.4. The summed E-state index contributed by atoms with van der Waals surface area (Å²) in [5.74, 6) is 0. The second-order valence-corrected chi connectivity index (χ2v) is 16.2. The first-order chi connectivity index (χ1) is 27.7. The van der Waals surface area contributed by atoms with Gasteiger partial charge >= 0.3 is 0 Å². The third-order valence-electron chi connectivity index (χ3n) is 12.4. The summed E-state index contributed by atoms with van der Waals surface area (Å²) >= 11 is 1.93. The molecule has 0 unspecified atom stereocenters. The van der Waals surface area contributed by atoms with Gasteiger partial charge in [-0.15, -0.1) is 11.3 Å². The van der Waals surface area contributed by atoms with Crippen LogP contribution in [0.3, 0.4) is 0 Å². The number of anilines is 3. The monoisotopic (exact) mass is 729 g/mol. The van der Waals surface area contributed by atoms with Gasteiger partial charge in [-0.05, 0) is 86.0 Å². The zero-order valence-electron chi connectivity index (χ0n) is 30.8. The molecule has 2 aliphatic carbocycles. The van der Waals surface area contributed by atoms with E-state index in [0.29, 0.717) is 0 Å². The van der Waals surface area contributed by atoms with Gasteiger partial charge in [-0.25, -0.2) is 0 Å². The van der Waals surface area contributed by atoms with E-state index in [1.165, 1.54) is 104 Å². The summed E-state index contributed by atoms with van der Waals surface area (Å²) in [6.07, 6.45) is 0. The Hall–Kier alpha value is -6.74. The van der Waals surface area contributed by atoms with Crippen LogP contribution < -0.4 is 4.90 Å². The average molecular weight is 730 g/mol. The Balaban J connectivity index is 1.25. The van der Waals surface area contributed by atoms with E-state index in [-0.39, 0.29) is 0 Å². The van der Waals surface area contributed by atoms with Crippen molar-refractivity contribution in [3.8, 4) is 33.4 Å². The lowest BCUT2D eigenvalue weighted by Gasteiger charge is -2.32. The van der Waals surface area contributed by atoms with Crippen molar-refractivity contribution in [1.29, 1.82) is 0 Å². The Kier molecular flexibility index (Phi) is 6.70. The summed E-state index contributed by atoms with van der Waals surface area (Å²) < 4.78 is 2.64. The normalized spacial score (nSPS) is 13.2. The Morgan fingerprint density at radius 1 is 0.411 bits per heavy atom. The maximum atomic E-state index is 2.60. The molecule has 0 atom stereocenters. The molecule has 0 aliphatic heterocycles. The third kappa shape index (κ3) is 4.14. The summed E-state index contributed by atoms with van der Waals surface area (Å²) in [7, 11) is 0. The van der Waals surface area contributed by atoms with Crippen molar-refractivity contribution in [3.05, 3.63) is 222 Å². The van der Waals surface area contributed by atoms with Gasteiger partial charge in [0.05, 0.1) is 27.2 Å². The first-order valence-corrected chi connectivity index (χ1v) is 20.3. The molecule has 0 saturated heterocycles. The average Bonchev–Trinajstić information content (AvgIpc) is 3.90. The van der Waals surface area contributed by atoms with Gasteiger partial charge < -0.3 is 4.90 Å². The van der Waals surface area contributed by atoms with Gasteiger partial charge in [0.25, 0.3) is 0 Å². The smallest absolute Gasteiger partial charge is 0.0726 e. The van der Waals surface area contributed by atoms with E-state index in [1.807, 2.05) is 11.3 Å². The SMILES string of the molecule is Cc1cccc2c1sc1c(N(c3ccccc3-c3ccccc3)c3cccc4c3-c3ccccc3C43c4ccccc4-c4ccccc43)cc3ccccc3c12. The Morgan fingerprint density at radius 2 is 0.964 bits per heavy atom. The van der Waals surface area contributed by atoms with Gasteiger partial charge in [-0.2, -0.15) is 0 Å². The van der Waals surface area contributed by atoms with Gasteiger partial charge in [0.1, 0.15) is 0 Å². The van der Waals surface area contributed by atoms with Crippen molar-refractivity contribution in [2.75, 3.05) is 4.90 Å². The zero-order chi connectivity index (χ0) is 37.0. The van der Waals surface area contributed by atoms with Crippen molar-refractivity contribution in [3.63, 3.8) is 0 Å². The zero-order valence-corrected chi connectivity index (χ0v) is 31.6. The number of hydrogen-bond acceptors (Lipinski definition) is 2. The summed E-state index contributed by atoms with van der Waals surface area (Å²) in [4.78, 5) is 2.60. The molecule has 262 valence electrons. The molecule has 0 saturated carbocycles. The molecule has 0 N–H and O–H groups in total. The van der Waals surface area contributed by atoms with Crippen LogP contribution in [0.5, 0.6) is 0 Å². The van der Waals surface area contributed by atoms with E-state index < -0.39 is 5.41 Å². The lowest BCUT2D eigenvalue weighted by atomic mass is 9.70. The van der Waals surface area contributed by atoms with Gasteiger partial charge in [0, 0.05) is 26.6 Å². The van der Waals surface area contributed by atoms with Crippen LogP contribution in [0.25, 0.3) is 64.3 Å². The molecule has 0 fully saturated rings. The molecule has 56 heavy (non-hydrogen) atoms. The number of nitrogens with zero attached hydrogens (tertiary/aromatic N) is 1. The van der Waals surface area contributed by atoms with Crippen LogP contribution in [-0.4, -0.2) is 0 Å². The fraction of sp³-hybridized carbons (Fsp3) is 0.0370. The molecule has 1 spiro atoms. The third-order valence-corrected chi connectivity index (χ3v) is 13.7. The number of hydrogen-bond donors (Lipinski definition) is 0. The van der Waals surface area contributed by atoms with Crippen LogP contribution in [0.1, 0.15) is 27.8 Å². The van der Waals surface area contributed by atoms with Crippen molar-refractivity contribution in [2.45, 2.75) is 12.3 Å². The Bertz CT molecular complexity index is 3180. The number of fused-ring (bicyclic) bond motifs is 15. The molecule has 0 amide bonds. The summed E-state index contributed by atoms with van der Waals surface area (Å²) in [5.41, 5.74) is 17.4. The van der Waals surface area contributed by atoms with Crippen LogP contribution in [0.4, 0.5) is 17.1 Å². The van der Waals surface area contributed by atoms with Gasteiger partial charge in [0.15, 0.2) is 0 Å². The fourth-order valence-electron chi connectivity index (χ4n) is 10.2. The van der Waals surface area contributed by atoms with Gasteiger partial charge in [-0.1, -0.05) is 176 Å². The van der Waals surface area contributed by atoms with Crippen LogP contribution in [0.15, 0.2) is 194 Å². The topological polar surface area (TPSA) is 3.24 Å². The second-order valence-electron chi connectivity index (χ2n) is 15.2. The van der Waals surface area contributed by atoms with E-state index in [0.717, 1.165) is 5.69 Å². The first kappa shape index (κ1) is 31.6. The minimum absolute atomic E-state index is 0.437. The second kappa shape index (κ2) is 11.9. The van der Waals surface area contributed by atoms with E-state index in [1.54, 1.807) is 0 Å². The standard InChI is InChI=1S/C54H35NS/c1-34-17-15-26-42-50-38-22-6-5-20-36(38)33-49(53(50)56-52(34)42)55(47-31-14-10-21-37(47)35-18-3-2-4-19-35)48-32-16-30-46-51(48)41-25-9-13-29-45(41)54(46)43-27-11-7-23-39(43)40-24-8-12-28-44(40)54/h2-33H,1H3. The molecular weight excluding hydrogens is 695 g/mol. The van der Waals surface area contributed by atoms with Crippen LogP contribution in [0.2, 0.25) is 0 Å². The first-order valence-electron chi connectivity index (χ1n) is 19.4.